The van der Waals surface area contributed by atoms with Gasteiger partial charge in [-0.25, -0.2) is 8.78 Å². The lowest BCUT2D eigenvalue weighted by atomic mass is 9.96. The van der Waals surface area contributed by atoms with Gasteiger partial charge in [-0.2, -0.15) is 0 Å². The average Bonchev–Trinajstić information content (AvgIpc) is 2.83. The summed E-state index contributed by atoms with van der Waals surface area (Å²) in [4.78, 5) is 0. The van der Waals surface area contributed by atoms with Crippen LogP contribution >= 0.6 is 0 Å². The number of fused-ring (bicyclic) bond motifs is 1. The van der Waals surface area contributed by atoms with Crippen molar-refractivity contribution < 1.29 is 26.7 Å². The monoisotopic (exact) mass is 484 g/mol. The van der Waals surface area contributed by atoms with E-state index < -0.39 is 17.9 Å². The van der Waals surface area contributed by atoms with Gasteiger partial charge in [0.1, 0.15) is 5.82 Å². The molecule has 0 aliphatic heterocycles. The molecule has 0 aliphatic rings. The molecule has 0 heterocycles. The van der Waals surface area contributed by atoms with Gasteiger partial charge in [-0.15, -0.1) is 13.2 Å². The lowest BCUT2D eigenvalue weighted by Crippen LogP contribution is -2.18. The number of unbranched alkanes of at least 4 members (excludes halogenated alkanes) is 1. The molecule has 0 aromatic heterocycles. The number of rotatable bonds is 8. The fourth-order valence-corrected chi connectivity index (χ4v) is 4.14. The van der Waals surface area contributed by atoms with Gasteiger partial charge >= 0.3 is 6.36 Å². The van der Waals surface area contributed by atoms with Gasteiger partial charge in [0.25, 0.3) is 0 Å². The van der Waals surface area contributed by atoms with Crippen molar-refractivity contribution in [2.24, 2.45) is 0 Å². The van der Waals surface area contributed by atoms with Crippen LogP contribution in [0.3, 0.4) is 0 Å². The molecule has 0 saturated heterocycles. The zero-order valence-electron chi connectivity index (χ0n) is 19.3. The SMILES string of the molecule is CCCCc1ccc(-c2ccc3c(F)c(CCc4ccc(OC(F)(F)F)c(F)c4)ccc3c2)cc1. The summed E-state index contributed by atoms with van der Waals surface area (Å²) in [5, 5.41) is 1.27. The number of hydrogen-bond acceptors (Lipinski definition) is 1. The second-order valence-electron chi connectivity index (χ2n) is 8.59. The minimum Gasteiger partial charge on any atom is -0.403 e. The van der Waals surface area contributed by atoms with E-state index in [1.54, 1.807) is 12.1 Å². The zero-order chi connectivity index (χ0) is 25.0. The van der Waals surface area contributed by atoms with Crippen LogP contribution in [0.2, 0.25) is 0 Å². The molecule has 0 spiro atoms. The van der Waals surface area contributed by atoms with Crippen LogP contribution in [0.4, 0.5) is 22.0 Å². The summed E-state index contributed by atoms with van der Waals surface area (Å²) in [7, 11) is 0. The first-order valence-electron chi connectivity index (χ1n) is 11.6. The molecule has 0 fully saturated rings. The molecule has 0 bridgehead atoms. The fraction of sp³-hybridized carbons (Fsp3) is 0.241. The van der Waals surface area contributed by atoms with E-state index in [4.69, 9.17) is 0 Å². The van der Waals surface area contributed by atoms with E-state index in [1.807, 2.05) is 18.2 Å². The molecule has 0 amide bonds. The highest BCUT2D eigenvalue weighted by Crippen LogP contribution is 2.29. The zero-order valence-corrected chi connectivity index (χ0v) is 19.3. The van der Waals surface area contributed by atoms with Crippen LogP contribution in [-0.4, -0.2) is 6.36 Å². The van der Waals surface area contributed by atoms with E-state index in [2.05, 4.69) is 35.9 Å². The van der Waals surface area contributed by atoms with Gasteiger partial charge in [-0.3, -0.25) is 0 Å². The van der Waals surface area contributed by atoms with E-state index in [1.165, 1.54) is 11.6 Å². The van der Waals surface area contributed by atoms with Gasteiger partial charge in [0, 0.05) is 5.39 Å². The third-order valence-corrected chi connectivity index (χ3v) is 6.05. The quantitative estimate of drug-likeness (QED) is 0.227. The van der Waals surface area contributed by atoms with Crippen LogP contribution in [0.25, 0.3) is 21.9 Å². The predicted octanol–water partition coefficient (Wildman–Crippen LogP) is 8.81. The standard InChI is InChI=1S/C29H25F5O/c1-2-3-4-19-5-9-21(10-6-19)23-14-15-25-24(18-23)13-12-22(28(25)31)11-7-20-8-16-27(26(30)17-20)35-29(32,33)34/h5-6,8-10,12-18H,2-4,7,11H2,1H3. The first-order valence-corrected chi connectivity index (χ1v) is 11.6. The van der Waals surface area contributed by atoms with Crippen LogP contribution in [0.1, 0.15) is 36.5 Å². The number of benzene rings is 4. The Hall–Kier alpha value is -3.41. The highest BCUT2D eigenvalue weighted by atomic mass is 19.4. The Morgan fingerprint density at radius 2 is 1.43 bits per heavy atom. The van der Waals surface area contributed by atoms with Gasteiger partial charge in [-0.1, -0.05) is 67.9 Å². The maximum Gasteiger partial charge on any atom is 0.573 e. The van der Waals surface area contributed by atoms with Crippen LogP contribution in [0, 0.1) is 11.6 Å². The highest BCUT2D eigenvalue weighted by Gasteiger charge is 2.32. The smallest absolute Gasteiger partial charge is 0.403 e. The first-order chi connectivity index (χ1) is 16.7. The van der Waals surface area contributed by atoms with Crippen LogP contribution < -0.4 is 4.74 Å². The van der Waals surface area contributed by atoms with Crippen molar-refractivity contribution in [1.82, 2.24) is 0 Å². The predicted molar refractivity (Wildman–Crippen MR) is 128 cm³/mol. The van der Waals surface area contributed by atoms with Gasteiger partial charge in [0.2, 0.25) is 0 Å². The van der Waals surface area contributed by atoms with E-state index in [9.17, 15) is 17.6 Å². The summed E-state index contributed by atoms with van der Waals surface area (Å²) in [5.41, 5.74) is 4.28. The molecule has 182 valence electrons. The molecule has 0 N–H and O–H groups in total. The van der Waals surface area contributed by atoms with Crippen molar-refractivity contribution >= 4 is 10.8 Å². The molecule has 35 heavy (non-hydrogen) atoms. The summed E-state index contributed by atoms with van der Waals surface area (Å²) in [5.74, 6) is -2.34. The van der Waals surface area contributed by atoms with E-state index in [0.29, 0.717) is 16.5 Å². The summed E-state index contributed by atoms with van der Waals surface area (Å²) in [6.07, 6.45) is -1.05. The Bertz CT molecular complexity index is 1310. The second kappa shape index (κ2) is 10.5. The second-order valence-corrected chi connectivity index (χ2v) is 8.59. The third-order valence-electron chi connectivity index (χ3n) is 6.05. The van der Waals surface area contributed by atoms with E-state index in [0.717, 1.165) is 47.9 Å². The summed E-state index contributed by atoms with van der Waals surface area (Å²) >= 11 is 0. The Labute approximate surface area is 201 Å². The van der Waals surface area contributed by atoms with Gasteiger partial charge in [0.05, 0.1) is 0 Å². The number of ether oxygens (including phenoxy) is 1. The molecule has 0 radical (unpaired) electrons. The van der Waals surface area contributed by atoms with Crippen molar-refractivity contribution in [3.8, 4) is 16.9 Å². The first kappa shape index (κ1) is 24.7. The lowest BCUT2D eigenvalue weighted by molar-refractivity contribution is -0.275. The number of halogens is 5. The van der Waals surface area contributed by atoms with E-state index in [-0.39, 0.29) is 18.7 Å². The minimum atomic E-state index is -4.96. The largest absolute Gasteiger partial charge is 0.573 e. The van der Waals surface area contributed by atoms with Gasteiger partial charge in [-0.05, 0) is 77.1 Å². The molecule has 1 nitrogen and oxygen atoms in total. The van der Waals surface area contributed by atoms with Crippen LogP contribution in [0.5, 0.6) is 5.75 Å². The Morgan fingerprint density at radius 3 is 2.11 bits per heavy atom. The topological polar surface area (TPSA) is 9.23 Å². The minimum absolute atomic E-state index is 0.272. The lowest BCUT2D eigenvalue weighted by Gasteiger charge is -2.11. The molecular formula is C29H25F5O. The Balaban J connectivity index is 1.48. The molecule has 4 aromatic carbocycles. The number of hydrogen-bond donors (Lipinski definition) is 0. The molecule has 0 saturated carbocycles. The normalized spacial score (nSPS) is 11.7. The van der Waals surface area contributed by atoms with Crippen molar-refractivity contribution in [3.05, 3.63) is 101 Å². The number of aryl methyl sites for hydroxylation is 3. The van der Waals surface area contributed by atoms with Crippen LogP contribution in [-0.2, 0) is 19.3 Å². The number of alkyl halides is 3. The maximum atomic E-state index is 15.2. The van der Waals surface area contributed by atoms with Gasteiger partial charge < -0.3 is 4.74 Å². The van der Waals surface area contributed by atoms with Crippen molar-refractivity contribution in [2.45, 2.75) is 45.4 Å². The Kier molecular flexibility index (Phi) is 7.39. The molecule has 6 heteroatoms. The molecule has 0 atom stereocenters. The Morgan fingerprint density at radius 1 is 0.714 bits per heavy atom. The fourth-order valence-electron chi connectivity index (χ4n) is 4.14. The molecule has 0 aliphatic carbocycles. The van der Waals surface area contributed by atoms with Gasteiger partial charge in [0.15, 0.2) is 11.6 Å². The average molecular weight is 485 g/mol. The van der Waals surface area contributed by atoms with Crippen molar-refractivity contribution in [3.63, 3.8) is 0 Å². The molecule has 0 unspecified atom stereocenters. The molecular weight excluding hydrogens is 459 g/mol. The summed E-state index contributed by atoms with van der Waals surface area (Å²) in [6, 6.07) is 20.9. The third kappa shape index (κ3) is 6.18. The molecule has 4 rings (SSSR count). The summed E-state index contributed by atoms with van der Waals surface area (Å²) in [6.45, 7) is 2.17. The summed E-state index contributed by atoms with van der Waals surface area (Å²) < 4.78 is 69.7. The van der Waals surface area contributed by atoms with Crippen molar-refractivity contribution in [2.75, 3.05) is 0 Å². The van der Waals surface area contributed by atoms with Crippen molar-refractivity contribution in [1.29, 1.82) is 0 Å². The molecule has 4 aromatic rings. The van der Waals surface area contributed by atoms with Crippen LogP contribution in [0.15, 0.2) is 72.8 Å². The maximum absolute atomic E-state index is 15.2. The van der Waals surface area contributed by atoms with E-state index >= 15 is 4.39 Å². The highest BCUT2D eigenvalue weighted by molar-refractivity contribution is 5.88.